The molecule has 0 aliphatic carbocycles. The highest BCUT2D eigenvalue weighted by Crippen LogP contribution is 2.28. The summed E-state index contributed by atoms with van der Waals surface area (Å²) in [5, 5.41) is 10.5. The maximum absolute atomic E-state index is 12.4. The molecule has 2 rings (SSSR count). The summed E-state index contributed by atoms with van der Waals surface area (Å²) in [4.78, 5) is 16.2. The van der Waals surface area contributed by atoms with Crippen LogP contribution in [0.5, 0.6) is 0 Å². The third-order valence-corrected chi connectivity index (χ3v) is 5.02. The van der Waals surface area contributed by atoms with Crippen LogP contribution in [0.25, 0.3) is 0 Å². The van der Waals surface area contributed by atoms with Gasteiger partial charge in [-0.3, -0.25) is 4.79 Å². The molecular weight excluding hydrogens is 284 g/mol. The van der Waals surface area contributed by atoms with E-state index < -0.39 is 5.60 Å². The number of amides is 1. The first-order chi connectivity index (χ1) is 10.0. The van der Waals surface area contributed by atoms with Gasteiger partial charge in [-0.25, -0.2) is 0 Å². The highest BCUT2D eigenvalue weighted by Gasteiger charge is 2.39. The SMILES string of the molecule is CN(CCN(C)c1ccccc1)C(=O)C1(O)CCSCC1. The van der Waals surface area contributed by atoms with Gasteiger partial charge in [0.15, 0.2) is 0 Å². The van der Waals surface area contributed by atoms with Gasteiger partial charge in [-0.15, -0.1) is 0 Å². The molecule has 0 aromatic heterocycles. The number of carbonyl (C=O) groups excluding carboxylic acids is 1. The van der Waals surface area contributed by atoms with Crippen molar-refractivity contribution in [2.75, 3.05) is 43.6 Å². The Hall–Kier alpha value is -1.20. The van der Waals surface area contributed by atoms with E-state index >= 15 is 0 Å². The Morgan fingerprint density at radius 1 is 1.19 bits per heavy atom. The van der Waals surface area contributed by atoms with Crippen molar-refractivity contribution in [1.29, 1.82) is 0 Å². The lowest BCUT2D eigenvalue weighted by atomic mass is 9.95. The smallest absolute Gasteiger partial charge is 0.254 e. The zero-order valence-corrected chi connectivity index (χ0v) is 13.6. The first-order valence-corrected chi connectivity index (χ1v) is 8.50. The molecule has 4 nitrogen and oxygen atoms in total. The van der Waals surface area contributed by atoms with Crippen molar-refractivity contribution in [3.05, 3.63) is 30.3 Å². The van der Waals surface area contributed by atoms with Crippen LogP contribution in [0.15, 0.2) is 30.3 Å². The number of nitrogens with zero attached hydrogens (tertiary/aromatic N) is 2. The molecule has 1 heterocycles. The zero-order chi connectivity index (χ0) is 15.3. The molecule has 0 saturated carbocycles. The summed E-state index contributed by atoms with van der Waals surface area (Å²) >= 11 is 1.80. The average Bonchev–Trinajstić information content (AvgIpc) is 2.53. The Labute approximate surface area is 131 Å². The molecule has 0 spiro atoms. The van der Waals surface area contributed by atoms with Crippen LogP contribution in [0.1, 0.15) is 12.8 Å². The summed E-state index contributed by atoms with van der Waals surface area (Å²) in [5.41, 5.74) is -0.0168. The number of aliphatic hydroxyl groups is 1. The van der Waals surface area contributed by atoms with Crippen molar-refractivity contribution in [3.63, 3.8) is 0 Å². The molecule has 21 heavy (non-hydrogen) atoms. The minimum atomic E-state index is -1.15. The van der Waals surface area contributed by atoms with Gasteiger partial charge in [0.2, 0.25) is 0 Å². The van der Waals surface area contributed by atoms with Gasteiger partial charge in [0.25, 0.3) is 5.91 Å². The second kappa shape index (κ2) is 7.18. The molecule has 5 heteroatoms. The molecule has 116 valence electrons. The second-order valence-electron chi connectivity index (χ2n) is 5.63. The quantitative estimate of drug-likeness (QED) is 0.901. The number of rotatable bonds is 5. The Kier molecular flexibility index (Phi) is 5.53. The highest BCUT2D eigenvalue weighted by molar-refractivity contribution is 7.99. The number of carbonyl (C=O) groups is 1. The van der Waals surface area contributed by atoms with Crippen molar-refractivity contribution in [3.8, 4) is 0 Å². The average molecular weight is 308 g/mol. The minimum Gasteiger partial charge on any atom is -0.380 e. The number of para-hydroxylation sites is 1. The topological polar surface area (TPSA) is 43.8 Å². The number of thioether (sulfide) groups is 1. The molecule has 1 aliphatic heterocycles. The first kappa shape index (κ1) is 16.2. The molecule has 1 N–H and O–H groups in total. The molecule has 1 amide bonds. The Balaban J connectivity index is 1.86. The number of benzene rings is 1. The number of likely N-dealkylation sites (N-methyl/N-ethyl adjacent to an activating group) is 2. The van der Waals surface area contributed by atoms with E-state index in [2.05, 4.69) is 4.90 Å². The third-order valence-electron chi connectivity index (χ3n) is 4.03. The van der Waals surface area contributed by atoms with Crippen LogP contribution in [-0.4, -0.2) is 60.2 Å². The van der Waals surface area contributed by atoms with Crippen molar-refractivity contribution >= 4 is 23.4 Å². The standard InChI is InChI=1S/C16H24N2O2S/c1-17(14-6-4-3-5-7-14)10-11-18(2)15(19)16(20)8-12-21-13-9-16/h3-7,20H,8-13H2,1-2H3. The fourth-order valence-corrected chi connectivity index (χ4v) is 3.66. The van der Waals surface area contributed by atoms with E-state index in [1.54, 1.807) is 23.7 Å². The van der Waals surface area contributed by atoms with Gasteiger partial charge in [0, 0.05) is 32.9 Å². The molecule has 1 aliphatic rings. The van der Waals surface area contributed by atoms with Gasteiger partial charge in [0.05, 0.1) is 0 Å². The van der Waals surface area contributed by atoms with Gasteiger partial charge < -0.3 is 14.9 Å². The lowest BCUT2D eigenvalue weighted by Gasteiger charge is -2.34. The maximum atomic E-state index is 12.4. The van der Waals surface area contributed by atoms with Crippen LogP contribution in [0.2, 0.25) is 0 Å². The molecule has 1 saturated heterocycles. The Bertz CT molecular complexity index is 461. The fraction of sp³-hybridized carbons (Fsp3) is 0.562. The molecule has 0 radical (unpaired) electrons. The van der Waals surface area contributed by atoms with E-state index in [1.807, 2.05) is 37.4 Å². The molecule has 0 unspecified atom stereocenters. The third kappa shape index (κ3) is 4.14. The molecule has 1 fully saturated rings. The number of anilines is 1. The predicted molar refractivity (Wildman–Crippen MR) is 88.9 cm³/mol. The maximum Gasteiger partial charge on any atom is 0.254 e. The van der Waals surface area contributed by atoms with Crippen LogP contribution in [-0.2, 0) is 4.79 Å². The summed E-state index contributed by atoms with van der Waals surface area (Å²) < 4.78 is 0. The Morgan fingerprint density at radius 2 is 1.81 bits per heavy atom. The minimum absolute atomic E-state index is 0.135. The van der Waals surface area contributed by atoms with E-state index in [-0.39, 0.29) is 5.91 Å². The van der Waals surface area contributed by atoms with Crippen LogP contribution < -0.4 is 4.90 Å². The fourth-order valence-electron chi connectivity index (χ4n) is 2.49. The van der Waals surface area contributed by atoms with Gasteiger partial charge in [-0.05, 0) is 36.5 Å². The summed E-state index contributed by atoms with van der Waals surface area (Å²) in [6, 6.07) is 10.1. The van der Waals surface area contributed by atoms with Crippen molar-refractivity contribution in [1.82, 2.24) is 4.90 Å². The zero-order valence-electron chi connectivity index (χ0n) is 12.8. The van der Waals surface area contributed by atoms with E-state index in [9.17, 15) is 9.90 Å². The van der Waals surface area contributed by atoms with Crippen molar-refractivity contribution < 1.29 is 9.90 Å². The van der Waals surface area contributed by atoms with Crippen LogP contribution >= 0.6 is 11.8 Å². The van der Waals surface area contributed by atoms with Crippen molar-refractivity contribution in [2.45, 2.75) is 18.4 Å². The molecule has 1 aromatic rings. The first-order valence-electron chi connectivity index (χ1n) is 7.35. The van der Waals surface area contributed by atoms with Crippen molar-refractivity contribution in [2.24, 2.45) is 0 Å². The van der Waals surface area contributed by atoms with Crippen LogP contribution in [0, 0.1) is 0 Å². The normalized spacial score (nSPS) is 17.3. The monoisotopic (exact) mass is 308 g/mol. The van der Waals surface area contributed by atoms with E-state index in [0.717, 1.165) is 23.7 Å². The summed E-state index contributed by atoms with van der Waals surface area (Å²) in [6.07, 6.45) is 1.13. The van der Waals surface area contributed by atoms with E-state index in [1.165, 1.54) is 0 Å². The van der Waals surface area contributed by atoms with Gasteiger partial charge in [-0.2, -0.15) is 11.8 Å². The van der Waals surface area contributed by atoms with Gasteiger partial charge in [0.1, 0.15) is 5.60 Å². The predicted octanol–water partition coefficient (Wildman–Crippen LogP) is 1.84. The second-order valence-corrected chi connectivity index (χ2v) is 6.85. The van der Waals surface area contributed by atoms with Gasteiger partial charge in [-0.1, -0.05) is 18.2 Å². The molecule has 0 atom stereocenters. The molecule has 0 bridgehead atoms. The largest absolute Gasteiger partial charge is 0.380 e. The van der Waals surface area contributed by atoms with E-state index in [4.69, 9.17) is 0 Å². The Morgan fingerprint density at radius 3 is 2.43 bits per heavy atom. The highest BCUT2D eigenvalue weighted by atomic mass is 32.2. The van der Waals surface area contributed by atoms with Crippen LogP contribution in [0.3, 0.4) is 0 Å². The van der Waals surface area contributed by atoms with Crippen LogP contribution in [0.4, 0.5) is 5.69 Å². The number of hydrogen-bond acceptors (Lipinski definition) is 4. The molecule has 1 aromatic carbocycles. The summed E-state index contributed by atoms with van der Waals surface area (Å²) in [5.74, 6) is 1.59. The summed E-state index contributed by atoms with van der Waals surface area (Å²) in [7, 11) is 3.79. The lowest BCUT2D eigenvalue weighted by Crippen LogP contribution is -2.51. The van der Waals surface area contributed by atoms with Gasteiger partial charge >= 0.3 is 0 Å². The molecular formula is C16H24N2O2S. The summed E-state index contributed by atoms with van der Waals surface area (Å²) in [6.45, 7) is 1.36. The number of hydrogen-bond donors (Lipinski definition) is 1. The lowest BCUT2D eigenvalue weighted by molar-refractivity contribution is -0.150. The van der Waals surface area contributed by atoms with E-state index in [0.29, 0.717) is 19.4 Å².